The van der Waals surface area contributed by atoms with Crippen molar-refractivity contribution >= 4 is 11.9 Å². The third-order valence-corrected chi connectivity index (χ3v) is 4.67. The molecule has 0 saturated carbocycles. The van der Waals surface area contributed by atoms with Crippen LogP contribution < -0.4 is 16.4 Å². The number of nitrogens with one attached hydrogen (secondary N) is 2. The molecular weight excluding hydrogens is 302 g/mol. The number of benzene rings is 1. The zero-order chi connectivity index (χ0) is 16.9. The van der Waals surface area contributed by atoms with Gasteiger partial charge in [-0.2, -0.15) is 0 Å². The molecule has 0 spiro atoms. The van der Waals surface area contributed by atoms with E-state index < -0.39 is 0 Å². The van der Waals surface area contributed by atoms with Gasteiger partial charge in [0.2, 0.25) is 5.91 Å². The number of carbonyl (C=O) groups is 1. The summed E-state index contributed by atoms with van der Waals surface area (Å²) in [4.78, 5) is 18.2. The van der Waals surface area contributed by atoms with Gasteiger partial charge in [0.1, 0.15) is 0 Å². The Kier molecular flexibility index (Phi) is 5.35. The van der Waals surface area contributed by atoms with Crippen LogP contribution in [0.5, 0.6) is 0 Å². The molecule has 2 atom stereocenters. The normalized spacial score (nSPS) is 24.3. The second-order valence-electron chi connectivity index (χ2n) is 6.88. The smallest absolute Gasteiger partial charge is 0.221 e. The van der Waals surface area contributed by atoms with E-state index in [0.29, 0.717) is 6.04 Å². The van der Waals surface area contributed by atoms with Crippen LogP contribution in [0.3, 0.4) is 0 Å². The maximum absolute atomic E-state index is 11.4. The van der Waals surface area contributed by atoms with Crippen molar-refractivity contribution in [2.24, 2.45) is 16.6 Å². The topological polar surface area (TPSA) is 82.8 Å². The number of primary amides is 1. The molecule has 1 amide bonds. The van der Waals surface area contributed by atoms with Crippen LogP contribution in [0.25, 0.3) is 0 Å². The van der Waals surface area contributed by atoms with Crippen molar-refractivity contribution in [2.45, 2.75) is 38.9 Å². The minimum Gasteiger partial charge on any atom is -0.369 e. The fourth-order valence-corrected chi connectivity index (χ4v) is 3.37. The summed E-state index contributed by atoms with van der Waals surface area (Å²) in [5, 5.41) is 6.65. The molecule has 4 N–H and O–H groups in total. The third-order valence-electron chi connectivity index (χ3n) is 4.67. The second kappa shape index (κ2) is 7.66. The predicted octanol–water partition coefficient (Wildman–Crippen LogP) is 0.821. The Morgan fingerprint density at radius 2 is 2.29 bits per heavy atom. The van der Waals surface area contributed by atoms with Crippen LogP contribution in [0.15, 0.2) is 29.3 Å². The second-order valence-corrected chi connectivity index (χ2v) is 6.88. The number of rotatable bonds is 5. The molecule has 1 aromatic rings. The first-order chi connectivity index (χ1) is 11.6. The molecule has 0 radical (unpaired) electrons. The molecule has 0 bridgehead atoms. The average molecular weight is 329 g/mol. The number of piperidine rings is 1. The maximum Gasteiger partial charge on any atom is 0.221 e. The highest BCUT2D eigenvalue weighted by Crippen LogP contribution is 2.18. The van der Waals surface area contributed by atoms with E-state index in [4.69, 9.17) is 5.73 Å². The summed E-state index contributed by atoms with van der Waals surface area (Å²) < 4.78 is 0. The van der Waals surface area contributed by atoms with Crippen molar-refractivity contribution in [1.82, 2.24) is 15.5 Å². The lowest BCUT2D eigenvalue weighted by Crippen LogP contribution is -2.40. The van der Waals surface area contributed by atoms with Crippen molar-refractivity contribution in [3.05, 3.63) is 35.4 Å². The van der Waals surface area contributed by atoms with E-state index in [2.05, 4.69) is 51.7 Å². The van der Waals surface area contributed by atoms with Crippen molar-refractivity contribution < 1.29 is 4.79 Å². The number of guanidine groups is 1. The van der Waals surface area contributed by atoms with Crippen LogP contribution in [0, 0.1) is 5.92 Å². The number of hydrogen-bond donors (Lipinski definition) is 3. The Labute approximate surface area is 143 Å². The molecule has 3 rings (SSSR count). The van der Waals surface area contributed by atoms with Crippen LogP contribution in [0.1, 0.15) is 30.9 Å². The number of nitrogens with two attached hydrogens (primary N) is 1. The molecule has 6 heteroatoms. The SMILES string of the molecule is CC1CN=C(NCc2cccc(CN3CCCC(C(N)=O)C3)c2)N1. The number of likely N-dealkylation sites (tertiary alicyclic amines) is 1. The minimum absolute atomic E-state index is 0.00274. The van der Waals surface area contributed by atoms with E-state index in [1.165, 1.54) is 11.1 Å². The number of carbonyl (C=O) groups excluding carboxylic acids is 1. The zero-order valence-electron chi connectivity index (χ0n) is 14.3. The van der Waals surface area contributed by atoms with Crippen molar-refractivity contribution in [1.29, 1.82) is 0 Å². The van der Waals surface area contributed by atoms with Gasteiger partial charge in [-0.1, -0.05) is 24.3 Å². The molecule has 0 aliphatic carbocycles. The quantitative estimate of drug-likeness (QED) is 0.747. The van der Waals surface area contributed by atoms with E-state index >= 15 is 0 Å². The van der Waals surface area contributed by atoms with E-state index in [1.54, 1.807) is 0 Å². The zero-order valence-corrected chi connectivity index (χ0v) is 14.3. The van der Waals surface area contributed by atoms with E-state index in [0.717, 1.165) is 51.5 Å². The van der Waals surface area contributed by atoms with Gasteiger partial charge in [-0.05, 0) is 37.4 Å². The van der Waals surface area contributed by atoms with E-state index in [9.17, 15) is 4.79 Å². The highest BCUT2D eigenvalue weighted by molar-refractivity contribution is 5.81. The fraction of sp³-hybridized carbons (Fsp3) is 0.556. The lowest BCUT2D eigenvalue weighted by molar-refractivity contribution is -0.123. The molecule has 2 heterocycles. The van der Waals surface area contributed by atoms with Gasteiger partial charge in [0.25, 0.3) is 0 Å². The summed E-state index contributed by atoms with van der Waals surface area (Å²) in [5.41, 5.74) is 7.97. The van der Waals surface area contributed by atoms with Crippen molar-refractivity contribution in [2.75, 3.05) is 19.6 Å². The Hall–Kier alpha value is -2.08. The third kappa shape index (κ3) is 4.47. The minimum atomic E-state index is -0.170. The lowest BCUT2D eigenvalue weighted by atomic mass is 9.97. The number of nitrogens with zero attached hydrogens (tertiary/aromatic N) is 2. The number of amides is 1. The summed E-state index contributed by atoms with van der Waals surface area (Å²) in [7, 11) is 0. The Morgan fingerprint density at radius 3 is 3.04 bits per heavy atom. The van der Waals surface area contributed by atoms with Crippen molar-refractivity contribution in [3.8, 4) is 0 Å². The number of hydrogen-bond acceptors (Lipinski definition) is 5. The first-order valence-corrected chi connectivity index (χ1v) is 8.74. The van der Waals surface area contributed by atoms with Crippen LogP contribution in [0.4, 0.5) is 0 Å². The summed E-state index contributed by atoms with van der Waals surface area (Å²) in [6.07, 6.45) is 1.96. The molecule has 130 valence electrons. The van der Waals surface area contributed by atoms with Gasteiger partial charge in [0.05, 0.1) is 12.5 Å². The van der Waals surface area contributed by atoms with Crippen LogP contribution in [-0.4, -0.2) is 42.4 Å². The monoisotopic (exact) mass is 329 g/mol. The van der Waals surface area contributed by atoms with Gasteiger partial charge in [0.15, 0.2) is 5.96 Å². The molecule has 24 heavy (non-hydrogen) atoms. The molecule has 1 aromatic carbocycles. The molecule has 6 nitrogen and oxygen atoms in total. The van der Waals surface area contributed by atoms with Crippen LogP contribution in [0.2, 0.25) is 0 Å². The molecule has 1 fully saturated rings. The predicted molar refractivity (Wildman–Crippen MR) is 95.4 cm³/mol. The van der Waals surface area contributed by atoms with E-state index in [-0.39, 0.29) is 11.8 Å². The van der Waals surface area contributed by atoms with Gasteiger partial charge >= 0.3 is 0 Å². The summed E-state index contributed by atoms with van der Waals surface area (Å²) in [6, 6.07) is 8.99. The van der Waals surface area contributed by atoms with Crippen molar-refractivity contribution in [3.63, 3.8) is 0 Å². The Balaban J connectivity index is 1.54. The molecule has 2 unspecified atom stereocenters. The first-order valence-electron chi connectivity index (χ1n) is 8.74. The van der Waals surface area contributed by atoms with Crippen LogP contribution >= 0.6 is 0 Å². The van der Waals surface area contributed by atoms with Crippen LogP contribution in [-0.2, 0) is 17.9 Å². The highest BCUT2D eigenvalue weighted by atomic mass is 16.1. The standard InChI is InChI=1S/C18H27N5O/c1-13-9-20-18(22-13)21-10-14-4-2-5-15(8-14)11-23-7-3-6-16(12-23)17(19)24/h2,4-5,8,13,16H,3,6-7,9-12H2,1H3,(H2,19,24)(H2,20,21,22). The highest BCUT2D eigenvalue weighted by Gasteiger charge is 2.23. The lowest BCUT2D eigenvalue weighted by Gasteiger charge is -2.31. The summed E-state index contributed by atoms with van der Waals surface area (Å²) >= 11 is 0. The molecular formula is C18H27N5O. The summed E-state index contributed by atoms with van der Waals surface area (Å²) in [5.74, 6) is 0.710. The molecule has 0 aromatic heterocycles. The molecule has 2 aliphatic rings. The fourth-order valence-electron chi connectivity index (χ4n) is 3.37. The van der Waals surface area contributed by atoms with Gasteiger partial charge in [-0.25, -0.2) is 0 Å². The summed E-state index contributed by atoms with van der Waals surface area (Å²) in [6.45, 7) is 6.39. The Morgan fingerprint density at radius 1 is 1.46 bits per heavy atom. The van der Waals surface area contributed by atoms with Gasteiger partial charge in [0, 0.05) is 25.7 Å². The average Bonchev–Trinajstić information content (AvgIpc) is 2.99. The first kappa shape index (κ1) is 16.8. The number of aliphatic imine (C=N–C) groups is 1. The van der Waals surface area contributed by atoms with Gasteiger partial charge in [-0.15, -0.1) is 0 Å². The maximum atomic E-state index is 11.4. The van der Waals surface area contributed by atoms with Gasteiger partial charge < -0.3 is 16.4 Å². The van der Waals surface area contributed by atoms with E-state index in [1.807, 2.05) is 0 Å². The largest absolute Gasteiger partial charge is 0.369 e. The molecule has 1 saturated heterocycles. The van der Waals surface area contributed by atoms with Gasteiger partial charge in [-0.3, -0.25) is 14.7 Å². The molecule has 2 aliphatic heterocycles. The Bertz CT molecular complexity index is 615.